The second-order valence-corrected chi connectivity index (χ2v) is 4.81. The first-order valence-corrected chi connectivity index (χ1v) is 6.87. The summed E-state index contributed by atoms with van der Waals surface area (Å²) in [5, 5.41) is 2.58. The van der Waals surface area contributed by atoms with Crippen molar-refractivity contribution in [3.8, 4) is 5.75 Å². The summed E-state index contributed by atoms with van der Waals surface area (Å²) >= 11 is 0. The lowest BCUT2D eigenvalue weighted by Gasteiger charge is -2.10. The molecule has 120 valence electrons. The van der Waals surface area contributed by atoms with Gasteiger partial charge in [0.2, 0.25) is 0 Å². The molecule has 0 radical (unpaired) electrons. The highest BCUT2D eigenvalue weighted by Gasteiger charge is 2.08. The van der Waals surface area contributed by atoms with Crippen LogP contribution >= 0.6 is 0 Å². The molecule has 6 heteroatoms. The Morgan fingerprint density at radius 2 is 1.83 bits per heavy atom. The van der Waals surface area contributed by atoms with Gasteiger partial charge in [0.25, 0.3) is 5.91 Å². The van der Waals surface area contributed by atoms with Gasteiger partial charge in [-0.1, -0.05) is 6.07 Å². The number of methoxy groups -OCH3 is 1. The molecule has 0 atom stereocenters. The molecule has 0 heterocycles. The number of carbonyl (C=O) groups is 2. The summed E-state index contributed by atoms with van der Waals surface area (Å²) in [7, 11) is 1.30. The number of nitrogens with one attached hydrogen (secondary N) is 1. The second-order valence-electron chi connectivity index (χ2n) is 4.81. The van der Waals surface area contributed by atoms with Crippen LogP contribution in [0, 0.1) is 12.7 Å². The summed E-state index contributed by atoms with van der Waals surface area (Å²) in [6.45, 7) is 1.54. The van der Waals surface area contributed by atoms with Gasteiger partial charge in [-0.15, -0.1) is 0 Å². The van der Waals surface area contributed by atoms with E-state index in [2.05, 4.69) is 10.1 Å². The summed E-state index contributed by atoms with van der Waals surface area (Å²) < 4.78 is 23.1. The van der Waals surface area contributed by atoms with Crippen LogP contribution in [0.3, 0.4) is 0 Å². The van der Waals surface area contributed by atoms with Crippen molar-refractivity contribution in [3.05, 3.63) is 59.4 Å². The molecule has 2 aromatic carbocycles. The van der Waals surface area contributed by atoms with E-state index in [0.717, 1.165) is 5.56 Å². The minimum atomic E-state index is -0.448. The average Bonchev–Trinajstić information content (AvgIpc) is 2.56. The van der Waals surface area contributed by atoms with Crippen molar-refractivity contribution in [1.29, 1.82) is 0 Å². The van der Waals surface area contributed by atoms with E-state index in [1.165, 1.54) is 31.4 Å². The highest BCUT2D eigenvalue weighted by atomic mass is 19.1. The van der Waals surface area contributed by atoms with Crippen LogP contribution in [0.4, 0.5) is 10.1 Å². The highest BCUT2D eigenvalue weighted by molar-refractivity contribution is 5.92. The molecular weight excluding hydrogens is 301 g/mol. The first-order chi connectivity index (χ1) is 11.0. The number of hydrogen-bond donors (Lipinski definition) is 1. The van der Waals surface area contributed by atoms with E-state index in [1.807, 2.05) is 0 Å². The molecule has 0 aromatic heterocycles. The molecule has 0 unspecified atom stereocenters. The third-order valence-corrected chi connectivity index (χ3v) is 3.12. The van der Waals surface area contributed by atoms with Crippen molar-refractivity contribution in [2.75, 3.05) is 19.0 Å². The quantitative estimate of drug-likeness (QED) is 0.861. The number of anilines is 1. The maximum atomic E-state index is 13.2. The van der Waals surface area contributed by atoms with Crippen LogP contribution in [-0.2, 0) is 9.53 Å². The Labute approximate surface area is 133 Å². The van der Waals surface area contributed by atoms with Crippen molar-refractivity contribution < 1.29 is 23.5 Å². The third kappa shape index (κ3) is 4.54. The molecule has 0 fully saturated rings. The molecule has 0 spiro atoms. The maximum Gasteiger partial charge on any atom is 0.337 e. The van der Waals surface area contributed by atoms with Crippen LogP contribution in [-0.4, -0.2) is 25.6 Å². The average molecular weight is 317 g/mol. The minimum absolute atomic E-state index is 0.229. The van der Waals surface area contributed by atoms with Crippen LogP contribution in [0.1, 0.15) is 15.9 Å². The van der Waals surface area contributed by atoms with Crippen LogP contribution in [0.2, 0.25) is 0 Å². The number of aryl methyl sites for hydroxylation is 1. The Balaban J connectivity index is 1.91. The van der Waals surface area contributed by atoms with Crippen LogP contribution < -0.4 is 10.1 Å². The van der Waals surface area contributed by atoms with Crippen molar-refractivity contribution in [2.24, 2.45) is 0 Å². The normalized spacial score (nSPS) is 10.0. The minimum Gasteiger partial charge on any atom is -0.484 e. The van der Waals surface area contributed by atoms with Gasteiger partial charge in [0.05, 0.1) is 12.7 Å². The zero-order chi connectivity index (χ0) is 16.8. The third-order valence-electron chi connectivity index (χ3n) is 3.12. The molecule has 1 amide bonds. The fourth-order valence-electron chi connectivity index (χ4n) is 1.87. The Morgan fingerprint density at radius 3 is 2.48 bits per heavy atom. The first kappa shape index (κ1) is 16.5. The zero-order valence-corrected chi connectivity index (χ0v) is 12.8. The van der Waals surface area contributed by atoms with E-state index >= 15 is 0 Å². The van der Waals surface area contributed by atoms with Crippen molar-refractivity contribution >= 4 is 17.6 Å². The SMILES string of the molecule is COC(=O)c1ccc(OCC(=O)Nc2cc(F)ccc2C)cc1. The number of amides is 1. The van der Waals surface area contributed by atoms with Crippen LogP contribution in [0.15, 0.2) is 42.5 Å². The Kier molecular flexibility index (Phi) is 5.30. The molecule has 0 bridgehead atoms. The van der Waals surface area contributed by atoms with Crippen LogP contribution in [0.25, 0.3) is 0 Å². The fourth-order valence-corrected chi connectivity index (χ4v) is 1.87. The predicted molar refractivity (Wildman–Crippen MR) is 83.0 cm³/mol. The number of esters is 1. The van der Waals surface area contributed by atoms with Gasteiger partial charge >= 0.3 is 5.97 Å². The summed E-state index contributed by atoms with van der Waals surface area (Å²) in [4.78, 5) is 23.1. The van der Waals surface area contributed by atoms with Gasteiger partial charge in [-0.3, -0.25) is 4.79 Å². The maximum absolute atomic E-state index is 13.2. The lowest BCUT2D eigenvalue weighted by molar-refractivity contribution is -0.118. The number of hydrogen-bond acceptors (Lipinski definition) is 4. The monoisotopic (exact) mass is 317 g/mol. The number of rotatable bonds is 5. The topological polar surface area (TPSA) is 64.6 Å². The fraction of sp³-hybridized carbons (Fsp3) is 0.176. The van der Waals surface area contributed by atoms with Gasteiger partial charge < -0.3 is 14.8 Å². The van der Waals surface area contributed by atoms with E-state index in [9.17, 15) is 14.0 Å². The molecular formula is C17H16FNO4. The molecule has 2 aromatic rings. The van der Waals surface area contributed by atoms with Gasteiger partial charge in [0.1, 0.15) is 11.6 Å². The number of ether oxygens (including phenoxy) is 2. The van der Waals surface area contributed by atoms with E-state index < -0.39 is 17.7 Å². The summed E-state index contributed by atoms with van der Waals surface area (Å²) in [5.74, 6) is -0.847. The van der Waals surface area contributed by atoms with Gasteiger partial charge in [0.15, 0.2) is 6.61 Å². The first-order valence-electron chi connectivity index (χ1n) is 6.87. The molecule has 2 rings (SSSR count). The van der Waals surface area contributed by atoms with E-state index in [4.69, 9.17) is 4.74 Å². The molecule has 0 aliphatic heterocycles. The summed E-state index contributed by atoms with van der Waals surface area (Å²) in [6.07, 6.45) is 0. The van der Waals surface area contributed by atoms with E-state index in [0.29, 0.717) is 17.0 Å². The largest absolute Gasteiger partial charge is 0.484 e. The lowest BCUT2D eigenvalue weighted by Crippen LogP contribution is -2.20. The summed E-state index contributed by atoms with van der Waals surface area (Å²) in [5.41, 5.74) is 1.54. The van der Waals surface area contributed by atoms with E-state index in [-0.39, 0.29) is 6.61 Å². The Hall–Kier alpha value is -2.89. The molecule has 5 nitrogen and oxygen atoms in total. The second kappa shape index (κ2) is 7.40. The predicted octanol–water partition coefficient (Wildman–Crippen LogP) is 2.94. The van der Waals surface area contributed by atoms with Gasteiger partial charge in [-0.2, -0.15) is 0 Å². The number of carbonyl (C=O) groups excluding carboxylic acids is 2. The Morgan fingerprint density at radius 1 is 1.13 bits per heavy atom. The molecule has 0 saturated carbocycles. The number of halogens is 1. The van der Waals surface area contributed by atoms with Crippen LogP contribution in [0.5, 0.6) is 5.75 Å². The van der Waals surface area contributed by atoms with Gasteiger partial charge in [0, 0.05) is 5.69 Å². The zero-order valence-electron chi connectivity index (χ0n) is 12.8. The lowest BCUT2D eigenvalue weighted by atomic mass is 10.2. The molecule has 1 N–H and O–H groups in total. The molecule has 0 aliphatic carbocycles. The molecule has 0 saturated heterocycles. The van der Waals surface area contributed by atoms with E-state index in [1.54, 1.807) is 25.1 Å². The Bertz CT molecular complexity index is 713. The summed E-state index contributed by atoms with van der Waals surface area (Å²) in [6, 6.07) is 10.4. The molecule has 0 aliphatic rings. The standard InChI is InChI=1S/C17H16FNO4/c1-11-3-6-13(18)9-15(11)19-16(20)10-23-14-7-4-12(5-8-14)17(21)22-2/h3-9H,10H2,1-2H3,(H,19,20). The van der Waals surface area contributed by atoms with Gasteiger partial charge in [-0.05, 0) is 48.9 Å². The molecule has 23 heavy (non-hydrogen) atoms. The van der Waals surface area contributed by atoms with Gasteiger partial charge in [-0.25, -0.2) is 9.18 Å². The van der Waals surface area contributed by atoms with Crippen molar-refractivity contribution in [2.45, 2.75) is 6.92 Å². The smallest absolute Gasteiger partial charge is 0.337 e. The van der Waals surface area contributed by atoms with Crippen molar-refractivity contribution in [3.63, 3.8) is 0 Å². The number of benzene rings is 2. The van der Waals surface area contributed by atoms with Crippen molar-refractivity contribution in [1.82, 2.24) is 0 Å². The highest BCUT2D eigenvalue weighted by Crippen LogP contribution is 2.16.